The Hall–Kier alpha value is 0.310. The molecular formula is C4H10NS. The highest BCUT2D eigenvalue weighted by Gasteiger charge is 1.75. The fourth-order valence-electron chi connectivity index (χ4n) is 0.183. The fourth-order valence-corrected chi connectivity index (χ4v) is 0.548. The second-order valence-corrected chi connectivity index (χ2v) is 2.05. The Morgan fingerprint density at radius 2 is 2.33 bits per heavy atom. The van der Waals surface area contributed by atoms with Gasteiger partial charge in [-0.05, 0) is 6.42 Å². The van der Waals surface area contributed by atoms with Crippen molar-refractivity contribution in [2.75, 3.05) is 12.8 Å². The van der Waals surface area contributed by atoms with Crippen LogP contribution in [0, 0.1) is 0 Å². The SMILES string of the molecule is CCCS[N]C. The second kappa shape index (κ2) is 5.31. The Balaban J connectivity index is 2.34. The van der Waals surface area contributed by atoms with E-state index in [2.05, 4.69) is 11.6 Å². The van der Waals surface area contributed by atoms with E-state index in [0.29, 0.717) is 0 Å². The van der Waals surface area contributed by atoms with Crippen molar-refractivity contribution in [3.8, 4) is 0 Å². The number of hydrogen-bond acceptors (Lipinski definition) is 1. The van der Waals surface area contributed by atoms with Crippen molar-refractivity contribution in [1.29, 1.82) is 0 Å². The van der Waals surface area contributed by atoms with Crippen molar-refractivity contribution < 1.29 is 0 Å². The Labute approximate surface area is 43.6 Å². The minimum atomic E-state index is 1.16. The summed E-state index contributed by atoms with van der Waals surface area (Å²) in [6.45, 7) is 2.15. The van der Waals surface area contributed by atoms with Gasteiger partial charge in [-0.15, -0.1) is 0 Å². The average molecular weight is 104 g/mol. The molecule has 0 fully saturated rings. The van der Waals surface area contributed by atoms with E-state index in [4.69, 9.17) is 0 Å². The molecule has 0 aromatic heterocycles. The van der Waals surface area contributed by atoms with E-state index in [1.54, 1.807) is 11.9 Å². The normalized spacial score (nSPS) is 9.00. The first kappa shape index (κ1) is 6.31. The molecule has 0 rings (SSSR count). The van der Waals surface area contributed by atoms with Gasteiger partial charge in [0.15, 0.2) is 0 Å². The minimum absolute atomic E-state index is 1.16. The van der Waals surface area contributed by atoms with E-state index in [-0.39, 0.29) is 0 Å². The van der Waals surface area contributed by atoms with Crippen LogP contribution in [0.5, 0.6) is 0 Å². The summed E-state index contributed by atoms with van der Waals surface area (Å²) in [5, 5.41) is 0. The van der Waals surface area contributed by atoms with Crippen LogP contribution >= 0.6 is 11.9 Å². The van der Waals surface area contributed by atoms with Crippen LogP contribution in [-0.4, -0.2) is 12.8 Å². The first-order valence-corrected chi connectivity index (χ1v) is 3.07. The topological polar surface area (TPSA) is 14.1 Å². The van der Waals surface area contributed by atoms with Gasteiger partial charge >= 0.3 is 0 Å². The predicted molar refractivity (Wildman–Crippen MR) is 30.8 cm³/mol. The van der Waals surface area contributed by atoms with Crippen LogP contribution in [0.1, 0.15) is 13.3 Å². The van der Waals surface area contributed by atoms with Crippen LogP contribution in [0.4, 0.5) is 0 Å². The Kier molecular flexibility index (Phi) is 5.58. The molecule has 0 aliphatic rings. The molecule has 0 amide bonds. The van der Waals surface area contributed by atoms with Crippen molar-refractivity contribution in [2.45, 2.75) is 13.3 Å². The maximum absolute atomic E-state index is 3.84. The van der Waals surface area contributed by atoms with Gasteiger partial charge in [0.25, 0.3) is 0 Å². The monoisotopic (exact) mass is 104 g/mol. The number of hydrogen-bond donors (Lipinski definition) is 0. The van der Waals surface area contributed by atoms with Gasteiger partial charge in [-0.2, -0.15) is 4.72 Å². The smallest absolute Gasteiger partial charge is 0.0142 e. The predicted octanol–water partition coefficient (Wildman–Crippen LogP) is 1.28. The standard InChI is InChI=1S/C4H10NS/c1-3-4-6-5-2/h3-4H2,1-2H3. The van der Waals surface area contributed by atoms with Crippen LogP contribution in [0.2, 0.25) is 0 Å². The Bertz CT molecular complexity index is 19.5. The summed E-state index contributed by atoms with van der Waals surface area (Å²) >= 11 is 1.63. The molecule has 0 unspecified atom stereocenters. The van der Waals surface area contributed by atoms with Crippen LogP contribution in [0.25, 0.3) is 0 Å². The van der Waals surface area contributed by atoms with Crippen LogP contribution in [0.3, 0.4) is 0 Å². The molecule has 0 N–H and O–H groups in total. The molecule has 0 bridgehead atoms. The molecule has 0 aliphatic heterocycles. The van der Waals surface area contributed by atoms with Crippen molar-refractivity contribution in [2.24, 2.45) is 0 Å². The maximum atomic E-state index is 3.84. The molecule has 0 aromatic rings. The molecule has 1 nitrogen and oxygen atoms in total. The Morgan fingerprint density at radius 1 is 1.67 bits per heavy atom. The first-order valence-electron chi connectivity index (χ1n) is 2.13. The molecule has 0 saturated carbocycles. The summed E-state index contributed by atoms with van der Waals surface area (Å²) < 4.78 is 3.84. The zero-order valence-electron chi connectivity index (χ0n) is 4.27. The van der Waals surface area contributed by atoms with E-state index in [1.165, 1.54) is 6.42 Å². The molecule has 0 saturated heterocycles. The van der Waals surface area contributed by atoms with Gasteiger partial charge < -0.3 is 0 Å². The molecule has 1 radical (unpaired) electrons. The molecule has 6 heavy (non-hydrogen) atoms. The van der Waals surface area contributed by atoms with Crippen molar-refractivity contribution >= 4 is 11.9 Å². The summed E-state index contributed by atoms with van der Waals surface area (Å²) in [5.74, 6) is 1.16. The molecule has 0 heterocycles. The molecule has 0 atom stereocenters. The van der Waals surface area contributed by atoms with Gasteiger partial charge in [0.05, 0.1) is 0 Å². The van der Waals surface area contributed by atoms with Gasteiger partial charge in [0, 0.05) is 12.8 Å². The van der Waals surface area contributed by atoms with Crippen LogP contribution in [-0.2, 0) is 0 Å². The van der Waals surface area contributed by atoms with E-state index < -0.39 is 0 Å². The Morgan fingerprint density at radius 3 is 2.50 bits per heavy atom. The summed E-state index contributed by atoms with van der Waals surface area (Å²) in [5.41, 5.74) is 0. The lowest BCUT2D eigenvalue weighted by Gasteiger charge is -1.86. The molecule has 2 heteroatoms. The largest absolute Gasteiger partial charge is 0.179 e. The molecule has 0 spiro atoms. The highest BCUT2D eigenvalue weighted by atomic mass is 32.2. The maximum Gasteiger partial charge on any atom is 0.0142 e. The van der Waals surface area contributed by atoms with Gasteiger partial charge in [0.1, 0.15) is 0 Å². The second-order valence-electron chi connectivity index (χ2n) is 1.02. The number of rotatable bonds is 3. The van der Waals surface area contributed by atoms with Gasteiger partial charge in [-0.1, -0.05) is 18.9 Å². The highest BCUT2D eigenvalue weighted by Crippen LogP contribution is 1.93. The minimum Gasteiger partial charge on any atom is -0.179 e. The average Bonchev–Trinajstić information content (AvgIpc) is 1.61. The van der Waals surface area contributed by atoms with Crippen LogP contribution < -0.4 is 4.72 Å². The quantitative estimate of drug-likeness (QED) is 0.388. The number of nitrogens with zero attached hydrogens (tertiary/aromatic N) is 1. The summed E-state index contributed by atoms with van der Waals surface area (Å²) in [4.78, 5) is 0. The third-order valence-corrected chi connectivity index (χ3v) is 1.27. The highest BCUT2D eigenvalue weighted by molar-refractivity contribution is 7.97. The fraction of sp³-hybridized carbons (Fsp3) is 1.00. The summed E-state index contributed by atoms with van der Waals surface area (Å²) in [6.07, 6.45) is 1.22. The third kappa shape index (κ3) is 4.31. The first-order chi connectivity index (χ1) is 2.91. The lowest BCUT2D eigenvalue weighted by molar-refractivity contribution is 1.09. The van der Waals surface area contributed by atoms with Crippen LogP contribution in [0.15, 0.2) is 0 Å². The van der Waals surface area contributed by atoms with E-state index in [1.807, 2.05) is 7.05 Å². The van der Waals surface area contributed by atoms with Crippen molar-refractivity contribution in [3.05, 3.63) is 0 Å². The van der Waals surface area contributed by atoms with Gasteiger partial charge in [-0.25, -0.2) is 0 Å². The molecule has 0 aromatic carbocycles. The summed E-state index contributed by atoms with van der Waals surface area (Å²) in [7, 11) is 1.82. The van der Waals surface area contributed by atoms with Crippen molar-refractivity contribution in [1.82, 2.24) is 4.72 Å². The van der Waals surface area contributed by atoms with E-state index in [0.717, 1.165) is 5.75 Å². The molecule has 37 valence electrons. The zero-order valence-corrected chi connectivity index (χ0v) is 5.09. The summed E-state index contributed by atoms with van der Waals surface area (Å²) in [6, 6.07) is 0. The van der Waals surface area contributed by atoms with Gasteiger partial charge in [-0.3, -0.25) is 0 Å². The lowest BCUT2D eigenvalue weighted by atomic mass is 10.6. The van der Waals surface area contributed by atoms with Gasteiger partial charge in [0.2, 0.25) is 0 Å². The van der Waals surface area contributed by atoms with E-state index >= 15 is 0 Å². The van der Waals surface area contributed by atoms with Crippen molar-refractivity contribution in [3.63, 3.8) is 0 Å². The lowest BCUT2D eigenvalue weighted by Crippen LogP contribution is -1.82. The zero-order chi connectivity index (χ0) is 4.83. The third-order valence-electron chi connectivity index (χ3n) is 0.425. The molecular weight excluding hydrogens is 94.1 g/mol. The van der Waals surface area contributed by atoms with E-state index in [9.17, 15) is 0 Å². The molecule has 0 aliphatic carbocycles.